The molecule has 90 valence electrons. The Morgan fingerprint density at radius 2 is 1.80 bits per heavy atom. The molecular weight excluding hydrogens is 188 g/mol. The molecule has 1 heterocycles. The third kappa shape index (κ3) is 4.96. The Balaban J connectivity index is 2.04. The number of hydrogen-bond acceptors (Lipinski definition) is 3. The number of ether oxygens (including phenoxy) is 1. The molecule has 0 unspecified atom stereocenters. The fourth-order valence-corrected chi connectivity index (χ4v) is 2.04. The number of hydrogen-bond donors (Lipinski definition) is 0. The lowest BCUT2D eigenvalue weighted by Crippen LogP contribution is -2.36. The second-order valence-electron chi connectivity index (χ2n) is 4.40. The summed E-state index contributed by atoms with van der Waals surface area (Å²) in [5.41, 5.74) is 0. The first-order valence-electron chi connectivity index (χ1n) is 6.28. The van der Waals surface area contributed by atoms with Crippen molar-refractivity contribution in [1.82, 2.24) is 9.80 Å². The van der Waals surface area contributed by atoms with Crippen molar-refractivity contribution in [2.24, 2.45) is 0 Å². The predicted octanol–water partition coefficient (Wildman–Crippen LogP) is 1.44. The Morgan fingerprint density at radius 3 is 2.33 bits per heavy atom. The van der Waals surface area contributed by atoms with Gasteiger partial charge in [0.25, 0.3) is 0 Å². The summed E-state index contributed by atoms with van der Waals surface area (Å²) in [4.78, 5) is 4.79. The van der Waals surface area contributed by atoms with Crippen LogP contribution in [0.4, 0.5) is 0 Å². The highest BCUT2D eigenvalue weighted by molar-refractivity contribution is 4.70. The van der Waals surface area contributed by atoms with E-state index in [1.807, 2.05) is 0 Å². The van der Waals surface area contributed by atoms with Crippen LogP contribution in [-0.4, -0.2) is 62.3 Å². The van der Waals surface area contributed by atoms with Crippen molar-refractivity contribution in [2.75, 3.05) is 46.4 Å². The molecule has 1 aliphatic heterocycles. The first kappa shape index (κ1) is 12.9. The van der Waals surface area contributed by atoms with Crippen LogP contribution in [0, 0.1) is 0 Å². The van der Waals surface area contributed by atoms with Gasteiger partial charge in [0.05, 0.1) is 12.7 Å². The molecule has 1 rings (SSSR count). The summed E-state index contributed by atoms with van der Waals surface area (Å²) in [5.74, 6) is 0. The van der Waals surface area contributed by atoms with Crippen molar-refractivity contribution in [2.45, 2.75) is 32.8 Å². The molecule has 0 aliphatic carbocycles. The molecule has 0 N–H and O–H groups in total. The molecule has 0 atom stereocenters. The Hall–Kier alpha value is -0.120. The highest BCUT2D eigenvalue weighted by atomic mass is 16.5. The van der Waals surface area contributed by atoms with Gasteiger partial charge in [0.15, 0.2) is 0 Å². The normalized spacial score (nSPS) is 20.0. The average Bonchev–Trinajstić information content (AvgIpc) is 2.27. The quantitative estimate of drug-likeness (QED) is 0.665. The van der Waals surface area contributed by atoms with Gasteiger partial charge in [0.1, 0.15) is 0 Å². The molecule has 0 aromatic heterocycles. The minimum absolute atomic E-state index is 0.511. The average molecular weight is 214 g/mol. The van der Waals surface area contributed by atoms with Crippen LogP contribution >= 0.6 is 0 Å². The van der Waals surface area contributed by atoms with Gasteiger partial charge in [-0.05, 0) is 33.0 Å². The van der Waals surface area contributed by atoms with Gasteiger partial charge in [-0.1, -0.05) is 13.8 Å². The maximum absolute atomic E-state index is 5.90. The van der Waals surface area contributed by atoms with E-state index in [-0.39, 0.29) is 0 Å². The van der Waals surface area contributed by atoms with E-state index in [9.17, 15) is 0 Å². The zero-order valence-electron chi connectivity index (χ0n) is 10.5. The largest absolute Gasteiger partial charge is 0.377 e. The van der Waals surface area contributed by atoms with Crippen molar-refractivity contribution in [3.63, 3.8) is 0 Å². The van der Waals surface area contributed by atoms with E-state index < -0.39 is 0 Å². The van der Waals surface area contributed by atoms with Crippen molar-refractivity contribution in [3.05, 3.63) is 0 Å². The lowest BCUT2D eigenvalue weighted by Gasteiger charge is -2.29. The highest BCUT2D eigenvalue weighted by Gasteiger charge is 2.16. The highest BCUT2D eigenvalue weighted by Crippen LogP contribution is 2.11. The second-order valence-corrected chi connectivity index (χ2v) is 4.40. The van der Waals surface area contributed by atoms with E-state index >= 15 is 0 Å². The molecular formula is C12H26N2O. The Labute approximate surface area is 94.4 Å². The number of likely N-dealkylation sites (tertiary alicyclic amines) is 1. The molecule has 1 fully saturated rings. The van der Waals surface area contributed by atoms with Crippen molar-refractivity contribution < 1.29 is 4.74 Å². The van der Waals surface area contributed by atoms with Crippen molar-refractivity contribution >= 4 is 0 Å². The molecule has 1 saturated heterocycles. The summed E-state index contributed by atoms with van der Waals surface area (Å²) in [6.45, 7) is 11.0. The Bertz CT molecular complexity index is 152. The first-order chi connectivity index (χ1) is 7.26. The van der Waals surface area contributed by atoms with Gasteiger partial charge in [-0.15, -0.1) is 0 Å². The summed E-state index contributed by atoms with van der Waals surface area (Å²) in [5, 5.41) is 0. The van der Waals surface area contributed by atoms with Gasteiger partial charge in [-0.3, -0.25) is 0 Å². The van der Waals surface area contributed by atoms with E-state index in [0.29, 0.717) is 6.10 Å². The molecule has 0 aromatic rings. The molecule has 15 heavy (non-hydrogen) atoms. The third-order valence-corrected chi connectivity index (χ3v) is 3.32. The maximum atomic E-state index is 5.90. The fourth-order valence-electron chi connectivity index (χ4n) is 2.04. The standard InChI is InChI=1S/C12H26N2O/c1-4-14(5-2)10-11-15-12-6-8-13(3)9-7-12/h12H,4-11H2,1-3H3. The Kier molecular flexibility index (Phi) is 6.22. The number of rotatable bonds is 6. The van der Waals surface area contributed by atoms with E-state index in [4.69, 9.17) is 4.74 Å². The first-order valence-corrected chi connectivity index (χ1v) is 6.28. The van der Waals surface area contributed by atoms with E-state index in [0.717, 1.165) is 26.2 Å². The van der Waals surface area contributed by atoms with Crippen molar-refractivity contribution in [1.29, 1.82) is 0 Å². The molecule has 1 aliphatic rings. The molecule has 3 nitrogen and oxygen atoms in total. The summed E-state index contributed by atoms with van der Waals surface area (Å²) in [6.07, 6.45) is 2.92. The molecule has 3 heteroatoms. The van der Waals surface area contributed by atoms with Crippen molar-refractivity contribution in [3.8, 4) is 0 Å². The summed E-state index contributed by atoms with van der Waals surface area (Å²) in [7, 11) is 2.19. The fraction of sp³-hybridized carbons (Fsp3) is 1.00. The van der Waals surface area contributed by atoms with E-state index in [1.54, 1.807) is 0 Å². The van der Waals surface area contributed by atoms with Gasteiger partial charge in [0.2, 0.25) is 0 Å². The number of likely N-dealkylation sites (N-methyl/N-ethyl adjacent to an activating group) is 1. The Morgan fingerprint density at radius 1 is 1.20 bits per heavy atom. The van der Waals surface area contributed by atoms with E-state index in [1.165, 1.54) is 25.9 Å². The van der Waals surface area contributed by atoms with Crippen LogP contribution in [0.1, 0.15) is 26.7 Å². The van der Waals surface area contributed by atoms with Crippen LogP contribution in [0.25, 0.3) is 0 Å². The van der Waals surface area contributed by atoms with Gasteiger partial charge >= 0.3 is 0 Å². The molecule has 0 saturated carbocycles. The molecule has 0 radical (unpaired) electrons. The van der Waals surface area contributed by atoms with Gasteiger partial charge in [-0.25, -0.2) is 0 Å². The summed E-state index contributed by atoms with van der Waals surface area (Å²) in [6, 6.07) is 0. The minimum Gasteiger partial charge on any atom is -0.377 e. The topological polar surface area (TPSA) is 15.7 Å². The molecule has 0 bridgehead atoms. The minimum atomic E-state index is 0.511. The van der Waals surface area contributed by atoms with Crippen LogP contribution < -0.4 is 0 Å². The van der Waals surface area contributed by atoms with Crippen LogP contribution in [0.15, 0.2) is 0 Å². The lowest BCUT2D eigenvalue weighted by atomic mass is 10.1. The predicted molar refractivity (Wildman–Crippen MR) is 64.3 cm³/mol. The molecule has 0 aromatic carbocycles. The molecule has 0 amide bonds. The zero-order valence-corrected chi connectivity index (χ0v) is 10.5. The lowest BCUT2D eigenvalue weighted by molar-refractivity contribution is 0.00356. The second kappa shape index (κ2) is 7.20. The molecule has 0 spiro atoms. The summed E-state index contributed by atoms with van der Waals surface area (Å²) >= 11 is 0. The smallest absolute Gasteiger partial charge is 0.0600 e. The van der Waals surface area contributed by atoms with Crippen LogP contribution in [0.5, 0.6) is 0 Å². The third-order valence-electron chi connectivity index (χ3n) is 3.32. The maximum Gasteiger partial charge on any atom is 0.0600 e. The van der Waals surface area contributed by atoms with E-state index in [2.05, 4.69) is 30.7 Å². The SMILES string of the molecule is CCN(CC)CCOC1CCN(C)CC1. The van der Waals surface area contributed by atoms with Crippen LogP contribution in [0.2, 0.25) is 0 Å². The van der Waals surface area contributed by atoms with Gasteiger partial charge < -0.3 is 14.5 Å². The van der Waals surface area contributed by atoms with Gasteiger partial charge in [-0.2, -0.15) is 0 Å². The number of piperidine rings is 1. The number of nitrogens with zero attached hydrogens (tertiary/aromatic N) is 2. The van der Waals surface area contributed by atoms with Gasteiger partial charge in [0, 0.05) is 19.6 Å². The zero-order chi connectivity index (χ0) is 11.1. The van der Waals surface area contributed by atoms with Crippen LogP contribution in [-0.2, 0) is 4.74 Å². The summed E-state index contributed by atoms with van der Waals surface area (Å²) < 4.78 is 5.90. The van der Waals surface area contributed by atoms with Crippen LogP contribution in [0.3, 0.4) is 0 Å². The monoisotopic (exact) mass is 214 g/mol.